The lowest BCUT2D eigenvalue weighted by Gasteiger charge is -2.10. The lowest BCUT2D eigenvalue weighted by Crippen LogP contribution is -2.15. The average molecular weight is 448 g/mol. The van der Waals surface area contributed by atoms with E-state index in [1.54, 1.807) is 17.5 Å². The zero-order valence-corrected chi connectivity index (χ0v) is 19.3. The van der Waals surface area contributed by atoms with Crippen LogP contribution in [0, 0.1) is 6.92 Å². The highest BCUT2D eigenvalue weighted by Gasteiger charge is 2.24. The van der Waals surface area contributed by atoms with E-state index in [9.17, 15) is 9.59 Å². The van der Waals surface area contributed by atoms with Crippen molar-refractivity contribution in [2.45, 2.75) is 33.6 Å². The van der Waals surface area contributed by atoms with Gasteiger partial charge in [0.25, 0.3) is 5.91 Å². The summed E-state index contributed by atoms with van der Waals surface area (Å²) in [5, 5.41) is 5.19. The minimum absolute atomic E-state index is 0.250. The number of pyridine rings is 1. The molecule has 0 saturated heterocycles. The Kier molecular flexibility index (Phi) is 6.10. The maximum absolute atomic E-state index is 12.9. The zero-order chi connectivity index (χ0) is 22.8. The van der Waals surface area contributed by atoms with Crippen LogP contribution < -0.4 is 5.32 Å². The van der Waals surface area contributed by atoms with Gasteiger partial charge in [0.15, 0.2) is 0 Å². The van der Waals surface area contributed by atoms with Gasteiger partial charge in [-0.05, 0) is 48.6 Å². The van der Waals surface area contributed by atoms with E-state index in [2.05, 4.69) is 36.3 Å². The molecule has 0 fully saturated rings. The molecule has 0 radical (unpaired) electrons. The van der Waals surface area contributed by atoms with E-state index in [1.807, 2.05) is 42.8 Å². The lowest BCUT2D eigenvalue weighted by atomic mass is 9.98. The number of nitrogens with zero attached hydrogens (tertiary/aromatic N) is 2. The van der Waals surface area contributed by atoms with E-state index in [1.165, 1.54) is 16.9 Å². The van der Waals surface area contributed by atoms with Gasteiger partial charge in [-0.1, -0.05) is 38.1 Å². The fraction of sp³-hybridized carbons (Fsp3) is 0.240. The average Bonchev–Trinajstić information content (AvgIpc) is 3.38. The van der Waals surface area contributed by atoms with Crippen molar-refractivity contribution in [3.8, 4) is 11.1 Å². The van der Waals surface area contributed by atoms with Gasteiger partial charge in [0, 0.05) is 23.3 Å². The summed E-state index contributed by atoms with van der Waals surface area (Å²) in [7, 11) is 0. The van der Waals surface area contributed by atoms with Crippen LogP contribution in [0.2, 0.25) is 0 Å². The Morgan fingerprint density at radius 2 is 1.94 bits per heavy atom. The molecule has 0 spiro atoms. The standard InChI is InChI=1S/C25H25N3O3S/c1-5-31-25(30)22-19(18-8-6-17(7-9-18)15(2)3)14-32-24(22)27-23(29)20-13-28-11-10-16(4)12-21(28)26-20/h6-15H,5H2,1-4H3,(H,27,29). The maximum atomic E-state index is 12.9. The van der Waals surface area contributed by atoms with Crippen LogP contribution in [-0.2, 0) is 4.74 Å². The Balaban J connectivity index is 1.68. The van der Waals surface area contributed by atoms with Gasteiger partial charge in [-0.25, -0.2) is 9.78 Å². The molecular formula is C25H25N3O3S. The number of anilines is 1. The Bertz CT molecular complexity index is 1290. The topological polar surface area (TPSA) is 72.7 Å². The predicted octanol–water partition coefficient (Wildman–Crippen LogP) is 5.92. The molecule has 4 rings (SSSR count). The highest BCUT2D eigenvalue weighted by Crippen LogP contribution is 2.37. The Morgan fingerprint density at radius 3 is 2.62 bits per heavy atom. The first-order chi connectivity index (χ1) is 15.4. The second-order valence-corrected chi connectivity index (χ2v) is 8.78. The second kappa shape index (κ2) is 8.96. The van der Waals surface area contributed by atoms with E-state index in [0.717, 1.165) is 16.7 Å². The molecule has 0 unspecified atom stereocenters. The molecule has 6 nitrogen and oxygen atoms in total. The molecule has 4 aromatic rings. The molecule has 0 aliphatic rings. The molecule has 3 heterocycles. The first-order valence-electron chi connectivity index (χ1n) is 10.5. The SMILES string of the molecule is CCOC(=O)c1c(-c2ccc(C(C)C)cc2)csc1NC(=O)c1cn2ccc(C)cc2n1. The number of amides is 1. The molecule has 32 heavy (non-hydrogen) atoms. The summed E-state index contributed by atoms with van der Waals surface area (Å²) in [6.07, 6.45) is 3.54. The molecule has 0 bridgehead atoms. The maximum Gasteiger partial charge on any atom is 0.341 e. The van der Waals surface area contributed by atoms with Crippen LogP contribution in [0.4, 0.5) is 5.00 Å². The Labute approximate surface area is 190 Å². The van der Waals surface area contributed by atoms with Crippen LogP contribution in [0.5, 0.6) is 0 Å². The molecule has 0 aliphatic carbocycles. The van der Waals surface area contributed by atoms with Crippen molar-refractivity contribution >= 4 is 33.9 Å². The zero-order valence-electron chi connectivity index (χ0n) is 18.5. The number of benzene rings is 1. The normalized spacial score (nSPS) is 11.2. The molecule has 7 heteroatoms. The van der Waals surface area contributed by atoms with E-state index in [-0.39, 0.29) is 18.2 Å². The predicted molar refractivity (Wildman–Crippen MR) is 128 cm³/mol. The molecule has 0 saturated carbocycles. The van der Waals surface area contributed by atoms with E-state index in [0.29, 0.717) is 22.1 Å². The number of aryl methyl sites for hydroxylation is 1. The molecule has 0 atom stereocenters. The van der Waals surface area contributed by atoms with Gasteiger partial charge in [0.2, 0.25) is 0 Å². The smallest absolute Gasteiger partial charge is 0.341 e. The van der Waals surface area contributed by atoms with Crippen molar-refractivity contribution in [3.05, 3.63) is 76.6 Å². The quantitative estimate of drug-likeness (QED) is 0.372. The second-order valence-electron chi connectivity index (χ2n) is 7.90. The van der Waals surface area contributed by atoms with Crippen LogP contribution in [0.15, 0.2) is 54.2 Å². The van der Waals surface area contributed by atoms with Crippen molar-refractivity contribution in [3.63, 3.8) is 0 Å². The van der Waals surface area contributed by atoms with Gasteiger partial charge < -0.3 is 14.5 Å². The monoisotopic (exact) mass is 447 g/mol. The van der Waals surface area contributed by atoms with Crippen LogP contribution in [0.3, 0.4) is 0 Å². The van der Waals surface area contributed by atoms with Gasteiger partial charge in [-0.2, -0.15) is 0 Å². The number of carbonyl (C=O) groups is 2. The van der Waals surface area contributed by atoms with Crippen molar-refractivity contribution in [2.24, 2.45) is 0 Å². The van der Waals surface area contributed by atoms with Gasteiger partial charge in [0.05, 0.1) is 6.61 Å². The number of ether oxygens (including phenoxy) is 1. The number of imidazole rings is 1. The third kappa shape index (κ3) is 4.29. The van der Waals surface area contributed by atoms with Crippen molar-refractivity contribution in [1.82, 2.24) is 9.38 Å². The number of esters is 1. The Hall–Kier alpha value is -3.45. The molecule has 3 aromatic heterocycles. The molecule has 1 N–H and O–H groups in total. The fourth-order valence-electron chi connectivity index (χ4n) is 3.48. The van der Waals surface area contributed by atoms with Crippen molar-refractivity contribution < 1.29 is 14.3 Å². The summed E-state index contributed by atoms with van der Waals surface area (Å²) in [5.74, 6) is -0.418. The molecule has 0 aliphatic heterocycles. The number of aromatic nitrogens is 2. The van der Waals surface area contributed by atoms with E-state index in [4.69, 9.17) is 4.74 Å². The van der Waals surface area contributed by atoms with Gasteiger partial charge >= 0.3 is 5.97 Å². The number of carbonyl (C=O) groups excluding carboxylic acids is 2. The highest BCUT2D eigenvalue weighted by molar-refractivity contribution is 7.15. The summed E-state index contributed by atoms with van der Waals surface area (Å²) in [6, 6.07) is 12.0. The fourth-order valence-corrected chi connectivity index (χ4v) is 4.43. The van der Waals surface area contributed by atoms with Gasteiger partial charge in [-0.15, -0.1) is 11.3 Å². The number of nitrogens with one attached hydrogen (secondary N) is 1. The lowest BCUT2D eigenvalue weighted by molar-refractivity contribution is 0.0529. The molecular weight excluding hydrogens is 422 g/mol. The van der Waals surface area contributed by atoms with Gasteiger partial charge in [0.1, 0.15) is 21.9 Å². The Morgan fingerprint density at radius 1 is 1.19 bits per heavy atom. The first-order valence-corrected chi connectivity index (χ1v) is 11.4. The number of fused-ring (bicyclic) bond motifs is 1. The molecule has 164 valence electrons. The summed E-state index contributed by atoms with van der Waals surface area (Å²) < 4.78 is 7.09. The van der Waals surface area contributed by atoms with Crippen LogP contribution in [-0.4, -0.2) is 27.9 Å². The van der Waals surface area contributed by atoms with Crippen LogP contribution >= 0.6 is 11.3 Å². The van der Waals surface area contributed by atoms with Crippen LogP contribution in [0.25, 0.3) is 16.8 Å². The minimum Gasteiger partial charge on any atom is -0.462 e. The van der Waals surface area contributed by atoms with Crippen molar-refractivity contribution in [2.75, 3.05) is 11.9 Å². The summed E-state index contributed by atoms with van der Waals surface area (Å²) in [5.41, 5.74) is 5.26. The summed E-state index contributed by atoms with van der Waals surface area (Å²) in [6.45, 7) is 8.26. The van der Waals surface area contributed by atoms with E-state index < -0.39 is 5.97 Å². The minimum atomic E-state index is -0.461. The third-order valence-electron chi connectivity index (χ3n) is 5.23. The number of hydrogen-bond acceptors (Lipinski definition) is 5. The third-order valence-corrected chi connectivity index (χ3v) is 6.13. The summed E-state index contributed by atoms with van der Waals surface area (Å²) >= 11 is 1.30. The highest BCUT2D eigenvalue weighted by atomic mass is 32.1. The van der Waals surface area contributed by atoms with Crippen molar-refractivity contribution in [1.29, 1.82) is 0 Å². The van der Waals surface area contributed by atoms with Crippen LogP contribution in [0.1, 0.15) is 58.7 Å². The largest absolute Gasteiger partial charge is 0.462 e. The molecule has 1 aromatic carbocycles. The number of thiophene rings is 1. The summed E-state index contributed by atoms with van der Waals surface area (Å²) in [4.78, 5) is 30.2. The molecule has 1 amide bonds. The first kappa shape index (κ1) is 21.8. The number of hydrogen-bond donors (Lipinski definition) is 1. The van der Waals surface area contributed by atoms with Gasteiger partial charge in [-0.3, -0.25) is 4.79 Å². The number of rotatable bonds is 6. The van der Waals surface area contributed by atoms with E-state index >= 15 is 0 Å².